The first-order valence-electron chi connectivity index (χ1n) is 29.6. The van der Waals surface area contributed by atoms with Crippen LogP contribution in [0, 0.1) is 36.3 Å². The van der Waals surface area contributed by atoms with Gasteiger partial charge in [0, 0.05) is 68.4 Å². The van der Waals surface area contributed by atoms with Crippen LogP contribution >= 0.6 is 11.3 Å². The summed E-state index contributed by atoms with van der Waals surface area (Å²) >= 11 is 1.61. The van der Waals surface area contributed by atoms with Gasteiger partial charge in [0.25, 0.3) is 0 Å². The lowest BCUT2D eigenvalue weighted by Crippen LogP contribution is -2.57. The highest BCUT2D eigenvalue weighted by Crippen LogP contribution is 2.40. The molecule has 15 nitrogen and oxygen atoms in total. The molecule has 4 aliphatic heterocycles. The fraction of sp³-hybridized carbons (Fsp3) is 0.516. The maximum Gasteiger partial charge on any atom is 0.319 e. The molecule has 0 aliphatic carbocycles. The third-order valence-electron chi connectivity index (χ3n) is 17.0. The van der Waals surface area contributed by atoms with Gasteiger partial charge in [-0.25, -0.2) is 13.8 Å². The second-order valence-corrected chi connectivity index (χ2v) is 25.0. The number of fused-ring (bicyclic) bond motifs is 4. The average Bonchev–Trinajstić information content (AvgIpc) is 4.41. The van der Waals surface area contributed by atoms with Gasteiger partial charge in [-0.15, -0.1) is 17.8 Å². The van der Waals surface area contributed by atoms with E-state index in [2.05, 4.69) is 53.8 Å². The first-order chi connectivity index (χ1) is 39.5. The number of phenols is 1. The quantitative estimate of drug-likeness (QED) is 0.0374. The van der Waals surface area contributed by atoms with Gasteiger partial charge in [0.2, 0.25) is 17.7 Å². The summed E-state index contributed by atoms with van der Waals surface area (Å²) in [5.41, 5.74) is 4.41. The fourth-order valence-corrected chi connectivity index (χ4v) is 13.4. The number of ether oxygens (including phenoxy) is 1. The van der Waals surface area contributed by atoms with Crippen LogP contribution < -0.4 is 25.6 Å². The van der Waals surface area contributed by atoms with Crippen LogP contribution in [0.1, 0.15) is 147 Å². The molecule has 82 heavy (non-hydrogen) atoms. The number of likely N-dealkylation sites (tertiary alicyclic amines) is 2. The van der Waals surface area contributed by atoms with Gasteiger partial charge in [-0.3, -0.25) is 24.3 Å². The van der Waals surface area contributed by atoms with Gasteiger partial charge in [-0.2, -0.15) is 9.97 Å². The number of unbranched alkanes of at least 4 members (excludes halogenated alkanes) is 8. The van der Waals surface area contributed by atoms with Crippen molar-refractivity contribution in [2.75, 3.05) is 44.2 Å². The van der Waals surface area contributed by atoms with E-state index in [-0.39, 0.29) is 69.4 Å². The normalized spacial score (nSPS) is 19.9. The van der Waals surface area contributed by atoms with Crippen LogP contribution in [0.25, 0.3) is 43.4 Å². The van der Waals surface area contributed by atoms with E-state index in [4.69, 9.17) is 21.1 Å². The monoisotopic (exact) mass is 1140 g/mol. The van der Waals surface area contributed by atoms with Crippen molar-refractivity contribution in [2.45, 2.75) is 167 Å². The van der Waals surface area contributed by atoms with Crippen molar-refractivity contribution in [3.63, 3.8) is 0 Å². The fourth-order valence-electron chi connectivity index (χ4n) is 12.6. The minimum Gasteiger partial charge on any atom is -0.508 e. The summed E-state index contributed by atoms with van der Waals surface area (Å²) < 4.78 is 38.6. The lowest BCUT2D eigenvalue weighted by Gasteiger charge is -2.35. The molecule has 3 aromatic carbocycles. The van der Waals surface area contributed by atoms with Crippen LogP contribution in [0.2, 0.25) is 0 Å². The maximum absolute atomic E-state index is 17.1. The summed E-state index contributed by atoms with van der Waals surface area (Å²) in [7, 11) is 0. The largest absolute Gasteiger partial charge is 0.508 e. The van der Waals surface area contributed by atoms with Gasteiger partial charge in [0.05, 0.1) is 33.1 Å². The van der Waals surface area contributed by atoms with Crippen molar-refractivity contribution in [2.24, 2.45) is 5.41 Å². The number of terminal acetylenes is 1. The lowest BCUT2D eigenvalue weighted by atomic mass is 9.85. The summed E-state index contributed by atoms with van der Waals surface area (Å²) in [6.45, 7) is 14.3. The number of carbonyl (C=O) groups excluding carboxylic acids is 3. The number of phenolic OH excluding ortho intramolecular Hbond substituents is 1. The van der Waals surface area contributed by atoms with E-state index in [0.717, 1.165) is 118 Å². The van der Waals surface area contributed by atoms with E-state index >= 15 is 8.78 Å². The van der Waals surface area contributed by atoms with Gasteiger partial charge in [0.15, 0.2) is 5.82 Å². The predicted molar refractivity (Wildman–Crippen MR) is 319 cm³/mol. The van der Waals surface area contributed by atoms with Gasteiger partial charge in [-0.05, 0) is 105 Å². The van der Waals surface area contributed by atoms with Crippen LogP contribution in [0.3, 0.4) is 0 Å². The minimum atomic E-state index is -0.744. The first kappa shape index (κ1) is 58.4. The van der Waals surface area contributed by atoms with Crippen molar-refractivity contribution >= 4 is 56.6 Å². The number of halogens is 2. The molecule has 4 saturated heterocycles. The number of carbonyl (C=O) groups is 3. The number of nitrogens with zero attached hydrogens (tertiary/aromatic N) is 7. The number of aryl methyl sites for hydroxylation is 1. The second-order valence-electron chi connectivity index (χ2n) is 24.2. The number of rotatable bonds is 22. The number of thiazole rings is 1. The smallest absolute Gasteiger partial charge is 0.319 e. The third kappa shape index (κ3) is 13.3. The Bertz CT molecular complexity index is 3310. The number of hydrogen-bond donors (Lipinski definition) is 4. The Morgan fingerprint density at radius 2 is 1.61 bits per heavy atom. The molecule has 7 heterocycles. The van der Waals surface area contributed by atoms with Crippen molar-refractivity contribution in [3.8, 4) is 45.8 Å². The van der Waals surface area contributed by atoms with Crippen molar-refractivity contribution in [3.05, 3.63) is 88.7 Å². The molecule has 6 atom stereocenters. The highest BCUT2D eigenvalue weighted by atomic mass is 32.1. The lowest BCUT2D eigenvalue weighted by molar-refractivity contribution is -0.144. The van der Waals surface area contributed by atoms with Crippen LogP contribution in [0.4, 0.5) is 14.6 Å². The number of aromatic nitrogens is 4. The molecule has 4 fully saturated rings. The minimum absolute atomic E-state index is 0.0340. The van der Waals surface area contributed by atoms with Crippen molar-refractivity contribution < 1.29 is 33.0 Å². The Kier molecular flexibility index (Phi) is 18.3. The van der Waals surface area contributed by atoms with E-state index in [9.17, 15) is 19.5 Å². The molecular formula is C64H78F2N10O5S. The van der Waals surface area contributed by atoms with Crippen molar-refractivity contribution in [1.29, 1.82) is 0 Å². The zero-order valence-corrected chi connectivity index (χ0v) is 48.9. The molecule has 3 aromatic heterocycles. The van der Waals surface area contributed by atoms with Gasteiger partial charge in [0.1, 0.15) is 46.8 Å². The Morgan fingerprint density at radius 3 is 2.30 bits per heavy atom. The van der Waals surface area contributed by atoms with Gasteiger partial charge >= 0.3 is 6.01 Å². The molecule has 6 aromatic rings. The highest BCUT2D eigenvalue weighted by Gasteiger charge is 2.42. The third-order valence-corrected chi connectivity index (χ3v) is 18.0. The molecule has 10 rings (SSSR count). The SMILES string of the molecule is C#Cc1c(F)ccc2cc(O)cc(-c3ncc4c(N5CC6CCC(C5)N6)nc(OC5CCN(CCCCCCCCCCCC(=O)N[C@H](C(=O)N6CCC[C@H]6C(=O)N[C@@H](C)c6ccc(-c7scnc7C)cc6)C(C)(C)C)C5)nc4c3F)c12. The van der Waals surface area contributed by atoms with Crippen LogP contribution in [-0.4, -0.2) is 122 Å². The summed E-state index contributed by atoms with van der Waals surface area (Å²) in [4.78, 5) is 67.1. The maximum atomic E-state index is 17.1. The molecule has 4 aliphatic rings. The number of piperazine rings is 1. The van der Waals surface area contributed by atoms with Gasteiger partial charge < -0.3 is 35.6 Å². The number of pyridine rings is 1. The standard InChI is InChI=1S/C64H78F2N10O5S/c1-7-48-51(65)27-24-43-32-46(77)33-49(54(43)48)56-55(66)57-50(34-67-56)60(75-35-44-25-26-45(36-75)70-44)73-63(72-57)81-47-28-31-74(37-47)29-16-14-12-10-8-9-11-13-15-19-53(78)71-59(64(4,5)6)62(80)76-30-17-18-52(76)61(79)69-39(2)41-20-22-42(23-21-41)58-40(3)68-38-82-58/h1,20-24,27,32-34,38-39,44-45,47,52,59,70,77H,8-19,25-26,28-31,35-37H2,2-6H3,(H,69,79)(H,71,78)/t39-,44?,45?,47?,52-,59+/m0/s1. The topological polar surface area (TPSA) is 178 Å². The highest BCUT2D eigenvalue weighted by molar-refractivity contribution is 7.13. The Balaban J connectivity index is 0.645. The van der Waals surface area contributed by atoms with Crippen LogP contribution in [-0.2, 0) is 14.4 Å². The van der Waals surface area contributed by atoms with Gasteiger partial charge in [-0.1, -0.05) is 102 Å². The molecule has 3 amide bonds. The predicted octanol–water partition coefficient (Wildman–Crippen LogP) is 10.9. The molecule has 0 saturated carbocycles. The number of anilines is 1. The number of aromatic hydroxyl groups is 1. The molecule has 0 spiro atoms. The van der Waals surface area contributed by atoms with E-state index in [1.54, 1.807) is 22.4 Å². The molecule has 2 bridgehead atoms. The number of hydrogen-bond acceptors (Lipinski definition) is 13. The van der Waals surface area contributed by atoms with E-state index in [1.165, 1.54) is 24.3 Å². The van der Waals surface area contributed by atoms with Crippen molar-refractivity contribution in [1.82, 2.24) is 45.7 Å². The summed E-state index contributed by atoms with van der Waals surface area (Å²) in [5.74, 6) is 0.960. The number of nitrogens with one attached hydrogen (secondary N) is 3. The Morgan fingerprint density at radius 1 is 0.890 bits per heavy atom. The average molecular weight is 1140 g/mol. The molecular weight excluding hydrogens is 1060 g/mol. The summed E-state index contributed by atoms with van der Waals surface area (Å²) in [6, 6.07) is 12.8. The second kappa shape index (κ2) is 25.8. The van der Waals surface area contributed by atoms with Crippen LogP contribution in [0.15, 0.2) is 60.2 Å². The van der Waals surface area contributed by atoms with E-state index in [1.807, 2.05) is 52.3 Å². The van der Waals surface area contributed by atoms with Crippen LogP contribution in [0.5, 0.6) is 11.8 Å². The molecule has 434 valence electrons. The first-order valence-corrected chi connectivity index (χ1v) is 30.5. The molecule has 0 radical (unpaired) electrons. The summed E-state index contributed by atoms with van der Waals surface area (Å²) in [6.07, 6.45) is 21.2. The van der Waals surface area contributed by atoms with E-state index in [0.29, 0.717) is 67.7 Å². The number of benzene rings is 3. The molecule has 3 unspecified atom stereocenters. The Labute approximate surface area is 484 Å². The summed E-state index contributed by atoms with van der Waals surface area (Å²) in [5, 5.41) is 21.7. The molecule has 4 N–H and O–H groups in total. The zero-order chi connectivity index (χ0) is 57.7. The number of amides is 3. The zero-order valence-electron chi connectivity index (χ0n) is 48.0. The van der Waals surface area contributed by atoms with E-state index < -0.39 is 29.1 Å². The Hall–Kier alpha value is -6.81. The molecule has 18 heteroatoms.